The minimum absolute atomic E-state index is 0.143. The Morgan fingerprint density at radius 3 is 2.19 bits per heavy atom. The van der Waals surface area contributed by atoms with Crippen LogP contribution < -0.4 is 9.64 Å². The maximum absolute atomic E-state index is 14.1. The molecule has 2 aromatic carbocycles. The van der Waals surface area contributed by atoms with Gasteiger partial charge in [-0.3, -0.25) is 4.79 Å². The molecule has 0 radical (unpaired) electrons. The van der Waals surface area contributed by atoms with Crippen molar-refractivity contribution in [2.24, 2.45) is 11.8 Å². The summed E-state index contributed by atoms with van der Waals surface area (Å²) in [7, 11) is 3.24. The first-order chi connectivity index (χ1) is 21.9. The van der Waals surface area contributed by atoms with Gasteiger partial charge in [0.1, 0.15) is 18.1 Å². The van der Waals surface area contributed by atoms with Crippen LogP contribution in [0.4, 0.5) is 24.5 Å². The zero-order valence-corrected chi connectivity index (χ0v) is 29.4. The first kappa shape index (κ1) is 34.5. The average Bonchev–Trinajstić information content (AvgIpc) is 3.35. The van der Waals surface area contributed by atoms with Gasteiger partial charge in [0.05, 0.1) is 36.3 Å². The third kappa shape index (κ3) is 5.93. The van der Waals surface area contributed by atoms with E-state index >= 15 is 0 Å². The predicted octanol–water partition coefficient (Wildman–Crippen LogP) is 9.27. The van der Waals surface area contributed by atoms with Gasteiger partial charge in [0.2, 0.25) is 11.5 Å². The van der Waals surface area contributed by atoms with E-state index in [0.717, 1.165) is 59.5 Å². The number of halogens is 3. The highest BCUT2D eigenvalue weighted by atomic mass is 19.4. The fraction of sp³-hybridized carbons (Fsp3) is 0.487. The lowest BCUT2D eigenvalue weighted by molar-refractivity contribution is -0.439. The van der Waals surface area contributed by atoms with Crippen LogP contribution >= 0.6 is 0 Å². The predicted molar refractivity (Wildman–Crippen MR) is 182 cm³/mol. The molecule has 0 bridgehead atoms. The molecule has 0 N–H and O–H groups in total. The molecular weight excluding hydrogens is 601 g/mol. The Kier molecular flexibility index (Phi) is 9.06. The van der Waals surface area contributed by atoms with Gasteiger partial charge in [-0.25, -0.2) is 0 Å². The summed E-state index contributed by atoms with van der Waals surface area (Å²) < 4.78 is 55.1. The van der Waals surface area contributed by atoms with Gasteiger partial charge in [-0.2, -0.15) is 17.7 Å². The van der Waals surface area contributed by atoms with Crippen LogP contribution in [-0.4, -0.2) is 43.4 Å². The van der Waals surface area contributed by atoms with E-state index in [9.17, 15) is 18.0 Å². The van der Waals surface area contributed by atoms with E-state index in [1.165, 1.54) is 6.07 Å². The molecule has 2 aromatic rings. The SMILES string of the molecule is COC1=C(/C=C2\N(CCC(C)C)c3cccc(OC)c3C2(C)C)C(=O)/C1=C/C1=[N+](CCC(C)C)c2ccc(C(F)(F)F)cc2C1(C)C. The number of benzene rings is 2. The van der Waals surface area contributed by atoms with Gasteiger partial charge in [-0.1, -0.05) is 47.6 Å². The number of alkyl halides is 3. The number of hydrogen-bond acceptors (Lipinski definition) is 4. The Bertz CT molecular complexity index is 1720. The molecule has 47 heavy (non-hydrogen) atoms. The maximum Gasteiger partial charge on any atom is 0.416 e. The average molecular weight is 650 g/mol. The zero-order chi connectivity index (χ0) is 34.6. The summed E-state index contributed by atoms with van der Waals surface area (Å²) in [6.07, 6.45) is 1.16. The smallest absolute Gasteiger partial charge is 0.416 e. The molecule has 0 unspecified atom stereocenters. The van der Waals surface area contributed by atoms with Gasteiger partial charge in [0.25, 0.3) is 0 Å². The summed E-state index contributed by atoms with van der Waals surface area (Å²) in [6.45, 7) is 18.2. The van der Waals surface area contributed by atoms with Crippen LogP contribution in [0.1, 0.15) is 84.9 Å². The highest BCUT2D eigenvalue weighted by Crippen LogP contribution is 2.53. The van der Waals surface area contributed by atoms with Crippen molar-refractivity contribution in [1.82, 2.24) is 0 Å². The fourth-order valence-electron chi connectivity index (χ4n) is 7.15. The zero-order valence-electron chi connectivity index (χ0n) is 29.4. The second-order valence-electron chi connectivity index (χ2n) is 14.8. The van der Waals surface area contributed by atoms with Gasteiger partial charge in [-0.15, -0.1) is 0 Å². The van der Waals surface area contributed by atoms with Crippen LogP contribution in [0.3, 0.4) is 0 Å². The number of carbonyl (C=O) groups is 1. The van der Waals surface area contributed by atoms with Crippen LogP contribution in [-0.2, 0) is 26.5 Å². The number of nitrogens with zero attached hydrogens (tertiary/aromatic N) is 2. The van der Waals surface area contributed by atoms with Gasteiger partial charge < -0.3 is 14.4 Å². The lowest BCUT2D eigenvalue weighted by Crippen LogP contribution is -2.33. The monoisotopic (exact) mass is 649 g/mol. The lowest BCUT2D eigenvalue weighted by Gasteiger charge is -2.30. The highest BCUT2D eigenvalue weighted by Gasteiger charge is 2.49. The summed E-state index contributed by atoms with van der Waals surface area (Å²) in [6, 6.07) is 10.0. The van der Waals surface area contributed by atoms with Crippen molar-refractivity contribution in [1.29, 1.82) is 0 Å². The van der Waals surface area contributed by atoms with E-state index in [-0.39, 0.29) is 5.78 Å². The summed E-state index contributed by atoms with van der Waals surface area (Å²) in [5.41, 5.74) is 4.31. The van der Waals surface area contributed by atoms with E-state index < -0.39 is 22.6 Å². The Hall–Kier alpha value is -3.81. The van der Waals surface area contributed by atoms with Crippen LogP contribution in [0.2, 0.25) is 0 Å². The number of rotatable bonds is 10. The number of fused-ring (bicyclic) bond motifs is 2. The van der Waals surface area contributed by atoms with Crippen molar-refractivity contribution in [3.63, 3.8) is 0 Å². The highest BCUT2D eigenvalue weighted by molar-refractivity contribution is 6.24. The van der Waals surface area contributed by atoms with Crippen molar-refractivity contribution in [2.75, 3.05) is 32.2 Å². The molecule has 5 rings (SSSR count). The molecule has 2 heterocycles. The topological polar surface area (TPSA) is 41.8 Å². The summed E-state index contributed by atoms with van der Waals surface area (Å²) in [4.78, 5) is 16.4. The number of carbonyl (C=O) groups excluding carboxylic acids is 1. The molecule has 0 saturated carbocycles. The largest absolute Gasteiger partial charge is 0.496 e. The van der Waals surface area contributed by atoms with Gasteiger partial charge >= 0.3 is 6.18 Å². The molecule has 1 aliphatic carbocycles. The Morgan fingerprint density at radius 2 is 1.60 bits per heavy atom. The van der Waals surface area contributed by atoms with E-state index in [1.807, 2.05) is 38.1 Å². The number of ketones is 1. The summed E-state index contributed by atoms with van der Waals surface area (Å²) in [5.74, 6) is 2.03. The number of allylic oxidation sites excluding steroid dienone is 5. The van der Waals surface area contributed by atoms with Crippen LogP contribution in [0.15, 0.2) is 71.2 Å². The van der Waals surface area contributed by atoms with Crippen LogP contribution in [0.5, 0.6) is 5.75 Å². The Balaban J connectivity index is 1.63. The molecule has 0 aromatic heterocycles. The molecule has 3 aliphatic rings. The third-order valence-corrected chi connectivity index (χ3v) is 9.90. The van der Waals surface area contributed by atoms with Gasteiger partial charge in [0.15, 0.2) is 5.71 Å². The molecule has 5 nitrogen and oxygen atoms in total. The quantitative estimate of drug-likeness (QED) is 0.190. The van der Waals surface area contributed by atoms with Crippen LogP contribution in [0, 0.1) is 11.8 Å². The van der Waals surface area contributed by atoms with Gasteiger partial charge in [0, 0.05) is 53.0 Å². The van der Waals surface area contributed by atoms with E-state index in [2.05, 4.69) is 57.1 Å². The van der Waals surface area contributed by atoms with Crippen molar-refractivity contribution >= 4 is 22.9 Å². The molecule has 8 heteroatoms. The van der Waals surface area contributed by atoms with Crippen molar-refractivity contribution in [2.45, 2.75) is 85.2 Å². The molecule has 0 fully saturated rings. The second kappa shape index (κ2) is 12.3. The first-order valence-electron chi connectivity index (χ1n) is 16.5. The molecule has 252 valence electrons. The van der Waals surface area contributed by atoms with E-state index in [1.54, 1.807) is 20.3 Å². The fourth-order valence-corrected chi connectivity index (χ4v) is 7.15. The van der Waals surface area contributed by atoms with Crippen molar-refractivity contribution in [3.8, 4) is 5.75 Å². The number of methoxy groups -OCH3 is 2. The molecular formula is C39H48F3N2O3+. The molecule has 0 atom stereocenters. The first-order valence-corrected chi connectivity index (χ1v) is 16.5. The van der Waals surface area contributed by atoms with E-state index in [0.29, 0.717) is 40.8 Å². The Morgan fingerprint density at radius 1 is 0.915 bits per heavy atom. The third-order valence-electron chi connectivity index (χ3n) is 9.90. The standard InChI is InChI=1S/C39H48F3N2O3/c1-23(2)16-18-43-29-15-14-25(39(40,41)42)20-28(29)37(5,6)32(43)21-26-35(45)27(36(26)47-10)22-33-38(7,8)34-30(12-11-13-31(34)46-9)44(33)19-17-24(3)4/h11-15,20-24H,16-19H2,1-10H3/q+1. The second-order valence-corrected chi connectivity index (χ2v) is 14.8. The molecule has 0 saturated heterocycles. The summed E-state index contributed by atoms with van der Waals surface area (Å²) >= 11 is 0. The minimum Gasteiger partial charge on any atom is -0.496 e. The van der Waals surface area contributed by atoms with Gasteiger partial charge in [-0.05, 0) is 62.4 Å². The van der Waals surface area contributed by atoms with E-state index in [4.69, 9.17) is 9.47 Å². The van der Waals surface area contributed by atoms with Crippen molar-refractivity contribution in [3.05, 3.63) is 87.8 Å². The summed E-state index contributed by atoms with van der Waals surface area (Å²) in [5, 5.41) is 0. The number of Topliss-reactive ketones (excluding diaryl/α,β-unsaturated/α-hetero) is 1. The number of hydrogen-bond donors (Lipinski definition) is 0. The molecule has 0 spiro atoms. The number of anilines is 1. The molecule has 2 aliphatic heterocycles. The molecule has 0 amide bonds. The normalized spacial score (nSPS) is 20.1. The van der Waals surface area contributed by atoms with Crippen molar-refractivity contribution < 1.29 is 32.0 Å². The lowest BCUT2D eigenvalue weighted by atomic mass is 9.77. The minimum atomic E-state index is -4.45. The maximum atomic E-state index is 14.1. The van der Waals surface area contributed by atoms with Crippen LogP contribution in [0.25, 0.3) is 0 Å². The Labute approximate surface area is 277 Å². The number of ether oxygens (including phenoxy) is 2.